The van der Waals surface area contributed by atoms with Crippen molar-refractivity contribution in [1.29, 1.82) is 0 Å². The molecule has 1 aromatic rings. The van der Waals surface area contributed by atoms with Gasteiger partial charge in [0.2, 0.25) is 0 Å². The standard InChI is InChI=1S/C27H28F16O2/c1-2-3-4-5-6-7-15-8-13-19(18(28)14-15)45-20(44)16-9-11-17(12-10-16)21(29,30)22(31,32)23(33,34)24(35,36)25(37,38)26(39,40)27(41,42)43/h8,13-14,16-17H,2-7,9-12H2,1H3/t16-,17-. The number of carbonyl (C=O) groups excluding carboxylic acids is 1. The number of esters is 1. The van der Waals surface area contributed by atoms with Gasteiger partial charge in [-0.15, -0.1) is 0 Å². The molecule has 0 atom stereocenters. The second kappa shape index (κ2) is 13.4. The molecule has 0 amide bonds. The van der Waals surface area contributed by atoms with E-state index in [1.165, 1.54) is 6.07 Å². The molecular formula is C27H28F16O2. The molecule has 0 spiro atoms. The Morgan fingerprint density at radius 1 is 0.689 bits per heavy atom. The third-order valence-electron chi connectivity index (χ3n) is 7.70. The van der Waals surface area contributed by atoms with Crippen LogP contribution in [0.3, 0.4) is 0 Å². The van der Waals surface area contributed by atoms with Crippen molar-refractivity contribution in [3.63, 3.8) is 0 Å². The van der Waals surface area contributed by atoms with Crippen molar-refractivity contribution in [3.8, 4) is 5.75 Å². The van der Waals surface area contributed by atoms with Crippen LogP contribution in [-0.4, -0.2) is 47.7 Å². The minimum absolute atomic E-state index is 0.505. The lowest BCUT2D eigenvalue weighted by Crippen LogP contribution is -2.73. The van der Waals surface area contributed by atoms with E-state index in [-0.39, 0.29) is 0 Å². The first-order valence-electron chi connectivity index (χ1n) is 13.6. The van der Waals surface area contributed by atoms with E-state index in [4.69, 9.17) is 4.74 Å². The molecule has 0 unspecified atom stereocenters. The van der Waals surface area contributed by atoms with Crippen molar-refractivity contribution < 1.29 is 79.8 Å². The fourth-order valence-electron chi connectivity index (χ4n) is 4.83. The molecular weight excluding hydrogens is 660 g/mol. The van der Waals surface area contributed by atoms with Crippen LogP contribution in [0.4, 0.5) is 70.2 Å². The lowest BCUT2D eigenvalue weighted by atomic mass is 9.75. The highest BCUT2D eigenvalue weighted by atomic mass is 19.4. The van der Waals surface area contributed by atoms with Gasteiger partial charge in [0.1, 0.15) is 0 Å². The zero-order valence-corrected chi connectivity index (χ0v) is 23.3. The number of aryl methyl sites for hydroxylation is 1. The third kappa shape index (κ3) is 7.13. The fourth-order valence-corrected chi connectivity index (χ4v) is 4.83. The average molecular weight is 688 g/mol. The molecule has 1 aliphatic carbocycles. The van der Waals surface area contributed by atoms with Gasteiger partial charge >= 0.3 is 47.7 Å². The van der Waals surface area contributed by atoms with Crippen LogP contribution in [0.25, 0.3) is 0 Å². The van der Waals surface area contributed by atoms with Gasteiger partial charge in [-0.25, -0.2) is 4.39 Å². The molecule has 0 aliphatic heterocycles. The number of carbonyl (C=O) groups is 1. The first kappa shape index (κ1) is 38.8. The van der Waals surface area contributed by atoms with Gasteiger partial charge in [0.05, 0.1) is 5.92 Å². The van der Waals surface area contributed by atoms with Gasteiger partial charge in [0, 0.05) is 5.92 Å². The van der Waals surface area contributed by atoms with E-state index in [0.29, 0.717) is 12.0 Å². The highest BCUT2D eigenvalue weighted by Crippen LogP contribution is 2.63. The van der Waals surface area contributed by atoms with Crippen molar-refractivity contribution >= 4 is 5.97 Å². The summed E-state index contributed by atoms with van der Waals surface area (Å²) in [6, 6.07) is 3.61. The normalized spacial score (nSPS) is 19.5. The van der Waals surface area contributed by atoms with Crippen molar-refractivity contribution in [3.05, 3.63) is 29.6 Å². The summed E-state index contributed by atoms with van der Waals surface area (Å²) in [5, 5.41) is 0. The van der Waals surface area contributed by atoms with E-state index in [2.05, 4.69) is 0 Å². The predicted molar refractivity (Wildman–Crippen MR) is 126 cm³/mol. The van der Waals surface area contributed by atoms with Gasteiger partial charge in [-0.05, 0) is 56.2 Å². The number of halogens is 16. The summed E-state index contributed by atoms with van der Waals surface area (Å²) in [4.78, 5) is 12.4. The Morgan fingerprint density at radius 2 is 1.18 bits per heavy atom. The number of ether oxygens (including phenoxy) is 1. The van der Waals surface area contributed by atoms with Crippen molar-refractivity contribution in [2.75, 3.05) is 0 Å². The van der Waals surface area contributed by atoms with E-state index >= 15 is 0 Å². The van der Waals surface area contributed by atoms with Crippen molar-refractivity contribution in [2.45, 2.75) is 113 Å². The molecule has 0 heterocycles. The minimum atomic E-state index is -8.35. The SMILES string of the molecule is CCCCCCCc1ccc(OC(=O)[C@H]2CC[C@H](C(F)(F)C(F)(F)C(F)(F)C(F)(F)C(F)(F)C(F)(F)C(F)(F)F)CC2)c(F)c1. The van der Waals surface area contributed by atoms with Gasteiger partial charge in [0.25, 0.3) is 0 Å². The number of rotatable bonds is 14. The number of alkyl halides is 15. The van der Waals surface area contributed by atoms with E-state index in [1.54, 1.807) is 0 Å². The molecule has 2 nitrogen and oxygen atoms in total. The summed E-state index contributed by atoms with van der Waals surface area (Å²) in [7, 11) is 0. The Bertz CT molecular complexity index is 1150. The van der Waals surface area contributed by atoms with Crippen LogP contribution in [0.2, 0.25) is 0 Å². The van der Waals surface area contributed by atoms with Gasteiger partial charge < -0.3 is 4.74 Å². The van der Waals surface area contributed by atoms with E-state index in [0.717, 1.165) is 44.2 Å². The minimum Gasteiger partial charge on any atom is -0.423 e. The maximum absolute atomic E-state index is 14.6. The summed E-state index contributed by atoms with van der Waals surface area (Å²) in [5.74, 6) is -54.1. The molecule has 2 rings (SSSR count). The summed E-state index contributed by atoms with van der Waals surface area (Å²) >= 11 is 0. The summed E-state index contributed by atoms with van der Waals surface area (Å²) in [5.41, 5.74) is 0.565. The topological polar surface area (TPSA) is 26.3 Å². The number of benzene rings is 1. The largest absolute Gasteiger partial charge is 0.460 e. The van der Waals surface area contributed by atoms with Crippen LogP contribution in [-0.2, 0) is 11.2 Å². The monoisotopic (exact) mass is 688 g/mol. The lowest BCUT2D eigenvalue weighted by Gasteiger charge is -2.44. The molecule has 0 saturated heterocycles. The zero-order chi connectivity index (χ0) is 34.9. The molecule has 1 aromatic carbocycles. The molecule has 18 heteroatoms. The maximum Gasteiger partial charge on any atom is 0.460 e. The molecule has 1 fully saturated rings. The Balaban J connectivity index is 2.13. The number of unbranched alkanes of at least 4 members (excludes halogenated alkanes) is 4. The summed E-state index contributed by atoms with van der Waals surface area (Å²) < 4.78 is 222. The second-order valence-corrected chi connectivity index (χ2v) is 10.9. The molecule has 0 N–H and O–H groups in total. The lowest BCUT2D eigenvalue weighted by molar-refractivity contribution is -0.455. The van der Waals surface area contributed by atoms with Crippen LogP contribution in [0.15, 0.2) is 18.2 Å². The Labute approximate surface area is 246 Å². The number of hydrogen-bond acceptors (Lipinski definition) is 2. The Kier molecular flexibility index (Phi) is 11.5. The molecule has 1 saturated carbocycles. The highest BCUT2D eigenvalue weighted by Gasteiger charge is 2.93. The van der Waals surface area contributed by atoms with Crippen molar-refractivity contribution in [1.82, 2.24) is 0 Å². The fraction of sp³-hybridized carbons (Fsp3) is 0.741. The van der Waals surface area contributed by atoms with Crippen LogP contribution in [0, 0.1) is 17.7 Å². The first-order chi connectivity index (χ1) is 20.3. The first-order valence-corrected chi connectivity index (χ1v) is 13.6. The van der Waals surface area contributed by atoms with E-state index < -0.39 is 96.8 Å². The van der Waals surface area contributed by atoms with E-state index in [9.17, 15) is 75.0 Å². The second-order valence-electron chi connectivity index (χ2n) is 10.9. The average Bonchev–Trinajstić information content (AvgIpc) is 2.93. The van der Waals surface area contributed by atoms with Gasteiger partial charge in [-0.2, -0.15) is 65.9 Å². The van der Waals surface area contributed by atoms with Crippen LogP contribution >= 0.6 is 0 Å². The molecule has 45 heavy (non-hydrogen) atoms. The molecule has 0 aromatic heterocycles. The van der Waals surface area contributed by atoms with Crippen molar-refractivity contribution in [2.24, 2.45) is 11.8 Å². The molecule has 0 bridgehead atoms. The maximum atomic E-state index is 14.6. The van der Waals surface area contributed by atoms with E-state index in [1.807, 2.05) is 6.92 Å². The predicted octanol–water partition coefficient (Wildman–Crippen LogP) is 10.4. The quantitative estimate of drug-likeness (QED) is 0.0842. The Morgan fingerprint density at radius 3 is 1.67 bits per heavy atom. The van der Waals surface area contributed by atoms with Crippen LogP contribution in [0.5, 0.6) is 5.75 Å². The summed E-state index contributed by atoms with van der Waals surface area (Å²) in [6.07, 6.45) is -6.90. The van der Waals surface area contributed by atoms with Crippen LogP contribution < -0.4 is 4.74 Å². The summed E-state index contributed by atoms with van der Waals surface area (Å²) in [6.45, 7) is 2.02. The zero-order valence-electron chi connectivity index (χ0n) is 23.3. The molecule has 260 valence electrons. The third-order valence-corrected chi connectivity index (χ3v) is 7.70. The molecule has 0 radical (unpaired) electrons. The van der Waals surface area contributed by atoms with Gasteiger partial charge in [0.15, 0.2) is 11.6 Å². The van der Waals surface area contributed by atoms with Gasteiger partial charge in [-0.1, -0.05) is 38.7 Å². The Hall–Kier alpha value is -2.43. The number of hydrogen-bond donors (Lipinski definition) is 0. The highest BCUT2D eigenvalue weighted by molar-refractivity contribution is 5.75. The van der Waals surface area contributed by atoms with Gasteiger partial charge in [-0.3, -0.25) is 4.79 Å². The van der Waals surface area contributed by atoms with Crippen LogP contribution in [0.1, 0.15) is 70.3 Å². The smallest absolute Gasteiger partial charge is 0.423 e. The molecule has 1 aliphatic rings.